The van der Waals surface area contributed by atoms with E-state index in [-0.39, 0.29) is 192 Å². The number of rotatable bonds is 0. The van der Waals surface area contributed by atoms with Gasteiger partial charge in [0.25, 0.3) is 0 Å². The Hall–Kier alpha value is 6.13. The summed E-state index contributed by atoms with van der Waals surface area (Å²) in [6.45, 7) is 0. The zero-order valence-electron chi connectivity index (χ0n) is 4.51. The first-order valence-corrected chi connectivity index (χ1v) is 0. The summed E-state index contributed by atoms with van der Waals surface area (Å²) in [6, 6.07) is 0. The van der Waals surface area contributed by atoms with E-state index in [1.807, 2.05) is 0 Å². The summed E-state index contributed by atoms with van der Waals surface area (Å²) >= 11 is 0. The maximum absolute atomic E-state index is 0. The molecule has 0 aliphatic rings. The van der Waals surface area contributed by atoms with E-state index in [9.17, 15) is 0 Å². The Balaban J connectivity index is 0. The molecule has 0 aliphatic heterocycles. The molecule has 0 aliphatic carbocycles. The second-order valence-electron chi connectivity index (χ2n) is 0. The minimum Gasteiger partial charge on any atom is 0 e. The van der Waals surface area contributed by atoms with Gasteiger partial charge < -0.3 is 0 Å². The van der Waals surface area contributed by atoms with Gasteiger partial charge in [0.15, 0.2) is 0 Å². The maximum atomic E-state index is 0. The summed E-state index contributed by atoms with van der Waals surface area (Å²) in [5.74, 6) is 0. The molecule has 0 atom stereocenters. The first kappa shape index (κ1) is 80.4. The van der Waals surface area contributed by atoms with Crippen molar-refractivity contribution < 1.29 is 131 Å². The van der Waals surface area contributed by atoms with Crippen molar-refractivity contribution in [3.8, 4) is 0 Å². The Morgan fingerprint density at radius 3 is 1.00 bits per heavy atom. The van der Waals surface area contributed by atoms with E-state index < -0.39 is 0 Å². The topological polar surface area (TPSA) is 0 Å². The monoisotopic (exact) mass is 532 g/mol. The zero-order chi connectivity index (χ0) is 0. The van der Waals surface area contributed by atoms with Crippen molar-refractivity contribution in [1.29, 1.82) is 0 Å². The SMILES string of the molecule is [Ca].[Cd].[Co].[Cu].[Fe].[Mg].[Mn].[Ni].[Zn]. The van der Waals surface area contributed by atoms with Crippen molar-refractivity contribution in [3.05, 3.63) is 0 Å². The Bertz CT molecular complexity index is 28.5. The van der Waals surface area contributed by atoms with Crippen LogP contribution in [0.15, 0.2) is 0 Å². The van der Waals surface area contributed by atoms with Crippen molar-refractivity contribution in [2.75, 3.05) is 0 Å². The second-order valence-corrected chi connectivity index (χ2v) is 0. The minimum atomic E-state index is 0. The van der Waals surface area contributed by atoms with Gasteiger partial charge in [-0.1, -0.05) is 0 Å². The summed E-state index contributed by atoms with van der Waals surface area (Å²) < 4.78 is 0. The molecule has 0 unspecified atom stereocenters. The van der Waals surface area contributed by atoms with Crippen LogP contribution in [0, 0.1) is 0 Å². The van der Waals surface area contributed by atoms with Crippen LogP contribution in [0.1, 0.15) is 0 Å². The number of hydrogen-bond donors (Lipinski definition) is 0. The Morgan fingerprint density at radius 2 is 1.00 bits per heavy atom. The first-order chi connectivity index (χ1) is 0. The van der Waals surface area contributed by atoms with Crippen LogP contribution in [0.25, 0.3) is 0 Å². The van der Waals surface area contributed by atoms with Crippen LogP contribution >= 0.6 is 0 Å². The molecule has 0 saturated carbocycles. The normalized spacial score (nSPS) is 0. The van der Waals surface area contributed by atoms with Gasteiger partial charge in [-0.05, 0) is 0 Å². The molecular weight excluding hydrogens is 534 g/mol. The van der Waals surface area contributed by atoms with Crippen molar-refractivity contribution >= 4 is 60.8 Å². The molecule has 53 valence electrons. The number of hydrogen-bond acceptors (Lipinski definition) is 0. The third kappa shape index (κ3) is 55.3. The van der Waals surface area contributed by atoms with Crippen molar-refractivity contribution in [2.45, 2.75) is 0 Å². The molecule has 0 bridgehead atoms. The van der Waals surface area contributed by atoms with E-state index in [1.54, 1.807) is 0 Å². The van der Waals surface area contributed by atoms with Gasteiger partial charge in [0.2, 0.25) is 0 Å². The molecule has 0 aromatic rings. The average molecular weight is 534 g/mol. The first-order valence-electron chi connectivity index (χ1n) is 0. The molecule has 7 radical (unpaired) electrons. The summed E-state index contributed by atoms with van der Waals surface area (Å²) in [6.07, 6.45) is 0. The van der Waals surface area contributed by atoms with Gasteiger partial charge in [-0.3, -0.25) is 0 Å². The Kier molecular flexibility index (Phi) is 579. The summed E-state index contributed by atoms with van der Waals surface area (Å²) in [7, 11) is 0. The van der Waals surface area contributed by atoms with Crippen LogP contribution in [0.3, 0.4) is 0 Å². The summed E-state index contributed by atoms with van der Waals surface area (Å²) in [5.41, 5.74) is 0. The van der Waals surface area contributed by atoms with Gasteiger partial charge in [-0.25, -0.2) is 0 Å². The molecule has 0 heterocycles. The van der Waals surface area contributed by atoms with Gasteiger partial charge in [-0.2, -0.15) is 0 Å². The predicted molar refractivity (Wildman–Crippen MR) is 11.5 cm³/mol. The molecule has 9 heteroatoms. The maximum Gasteiger partial charge on any atom is 0 e. The van der Waals surface area contributed by atoms with E-state index in [4.69, 9.17) is 0 Å². The largest absolute Gasteiger partial charge is 0 e. The van der Waals surface area contributed by atoms with E-state index in [1.165, 1.54) is 0 Å². The Morgan fingerprint density at radius 1 is 1.00 bits per heavy atom. The van der Waals surface area contributed by atoms with Crippen LogP contribution < -0.4 is 0 Å². The molecule has 0 amide bonds. The van der Waals surface area contributed by atoms with E-state index in [0.717, 1.165) is 0 Å². The smallest absolute Gasteiger partial charge is 0 e. The van der Waals surface area contributed by atoms with Crippen molar-refractivity contribution in [3.63, 3.8) is 0 Å². The molecule has 0 aromatic carbocycles. The molecule has 0 aromatic heterocycles. The molecular formula is CaCdCoCuFeMgMnNiZn. The van der Waals surface area contributed by atoms with Gasteiger partial charge in [0.1, 0.15) is 0 Å². The van der Waals surface area contributed by atoms with Crippen LogP contribution in [0.4, 0.5) is 0 Å². The van der Waals surface area contributed by atoms with Crippen LogP contribution in [0.5, 0.6) is 0 Å². The van der Waals surface area contributed by atoms with Crippen LogP contribution in [0.2, 0.25) is 0 Å². The van der Waals surface area contributed by atoms with Gasteiger partial charge in [0, 0.05) is 192 Å². The quantitative estimate of drug-likeness (QED) is 0.359. The second kappa shape index (κ2) is 64.8. The van der Waals surface area contributed by atoms with E-state index in [0.29, 0.717) is 0 Å². The molecule has 0 spiro atoms. The minimum absolute atomic E-state index is 0. The third-order valence-corrected chi connectivity index (χ3v) is 0. The van der Waals surface area contributed by atoms with Crippen molar-refractivity contribution in [1.82, 2.24) is 0 Å². The summed E-state index contributed by atoms with van der Waals surface area (Å²) in [4.78, 5) is 0. The predicted octanol–water partition coefficient (Wildman–Crippen LogP) is -0.779. The molecule has 0 saturated heterocycles. The van der Waals surface area contributed by atoms with Crippen molar-refractivity contribution in [2.24, 2.45) is 0 Å². The van der Waals surface area contributed by atoms with Crippen LogP contribution in [-0.2, 0) is 131 Å². The van der Waals surface area contributed by atoms with E-state index in [2.05, 4.69) is 0 Å². The standard InChI is InChI=1S/Ca.Cd.Co.Cu.Fe.Mg.Mn.Ni.Zn. The zero-order valence-corrected chi connectivity index (χ0v) is 20.4. The third-order valence-electron chi connectivity index (χ3n) is 0. The van der Waals surface area contributed by atoms with Crippen LogP contribution in [-0.4, -0.2) is 60.8 Å². The van der Waals surface area contributed by atoms with E-state index >= 15 is 0 Å². The molecule has 0 fully saturated rings. The molecule has 9 heavy (non-hydrogen) atoms. The van der Waals surface area contributed by atoms with Gasteiger partial charge in [0.05, 0.1) is 0 Å². The van der Waals surface area contributed by atoms with Gasteiger partial charge in [-0.15, -0.1) is 0 Å². The fraction of sp³-hybridized carbons (Fsp3) is 0. The molecule has 0 rings (SSSR count). The average Bonchev–Trinajstić information content (AvgIpc) is 0. The fourth-order valence-corrected chi connectivity index (χ4v) is 0. The molecule has 0 N–H and O–H groups in total. The molecule has 0 nitrogen and oxygen atoms in total. The fourth-order valence-electron chi connectivity index (χ4n) is 0. The van der Waals surface area contributed by atoms with Gasteiger partial charge >= 0.3 is 0 Å². The summed E-state index contributed by atoms with van der Waals surface area (Å²) in [5, 5.41) is 0. The Labute approximate surface area is 187 Å².